The summed E-state index contributed by atoms with van der Waals surface area (Å²) in [5, 5.41) is 8.68. The topological polar surface area (TPSA) is 49.8 Å². The van der Waals surface area contributed by atoms with Gasteiger partial charge < -0.3 is 14.7 Å². The number of hydrogen-bond acceptors (Lipinski definition) is 3. The molecular weight excluding hydrogens is 310 g/mol. The lowest BCUT2D eigenvalue weighted by molar-refractivity contribution is -0.137. The molecule has 0 saturated carbocycles. The Morgan fingerprint density at radius 3 is 2.84 bits per heavy atom. The molecule has 0 bridgehead atoms. The molecule has 1 rings (SSSR count). The van der Waals surface area contributed by atoms with Crippen LogP contribution in [0.25, 0.3) is 0 Å². The molecule has 0 aliphatic heterocycles. The summed E-state index contributed by atoms with van der Waals surface area (Å²) in [4.78, 5) is 12.5. The molecule has 0 aliphatic rings. The van der Waals surface area contributed by atoms with E-state index in [1.807, 2.05) is 30.1 Å². The van der Waals surface area contributed by atoms with Crippen molar-refractivity contribution < 1.29 is 14.6 Å². The second kappa shape index (κ2) is 8.17. The summed E-state index contributed by atoms with van der Waals surface area (Å²) in [5.74, 6) is 0.0933. The van der Waals surface area contributed by atoms with Crippen LogP contribution in [0.4, 0.5) is 0 Å². The van der Waals surface area contributed by atoms with Crippen LogP contribution >= 0.6 is 15.9 Å². The van der Waals surface area contributed by atoms with Gasteiger partial charge in [0.05, 0.1) is 13.0 Å². The SMILES string of the molecule is CCCOc1ccc(Br)cc1CN(C)CCC(=O)O. The molecule has 0 aliphatic carbocycles. The van der Waals surface area contributed by atoms with Gasteiger partial charge in [-0.3, -0.25) is 4.79 Å². The van der Waals surface area contributed by atoms with Gasteiger partial charge in [0, 0.05) is 23.1 Å². The van der Waals surface area contributed by atoms with Crippen LogP contribution in [-0.4, -0.2) is 36.2 Å². The highest BCUT2D eigenvalue weighted by Gasteiger charge is 2.09. The van der Waals surface area contributed by atoms with Crippen molar-refractivity contribution in [1.29, 1.82) is 0 Å². The maximum atomic E-state index is 10.6. The average Bonchev–Trinajstić information content (AvgIpc) is 2.35. The molecule has 106 valence electrons. The van der Waals surface area contributed by atoms with Crippen LogP contribution in [0.15, 0.2) is 22.7 Å². The van der Waals surface area contributed by atoms with E-state index in [9.17, 15) is 4.79 Å². The fraction of sp³-hybridized carbons (Fsp3) is 0.500. The van der Waals surface area contributed by atoms with Crippen LogP contribution in [0, 0.1) is 0 Å². The molecule has 1 aromatic carbocycles. The highest BCUT2D eigenvalue weighted by molar-refractivity contribution is 9.10. The van der Waals surface area contributed by atoms with Crippen molar-refractivity contribution in [2.45, 2.75) is 26.3 Å². The first-order valence-corrected chi connectivity index (χ1v) is 7.13. The Bertz CT molecular complexity index is 423. The predicted molar refractivity (Wildman–Crippen MR) is 78.5 cm³/mol. The van der Waals surface area contributed by atoms with Crippen molar-refractivity contribution in [3.8, 4) is 5.75 Å². The fourth-order valence-corrected chi connectivity index (χ4v) is 2.09. The molecule has 1 N–H and O–H groups in total. The number of hydrogen-bond donors (Lipinski definition) is 1. The van der Waals surface area contributed by atoms with Crippen LogP contribution in [0.2, 0.25) is 0 Å². The molecule has 0 radical (unpaired) electrons. The van der Waals surface area contributed by atoms with Crippen LogP contribution in [0.1, 0.15) is 25.3 Å². The lowest BCUT2D eigenvalue weighted by atomic mass is 10.2. The molecule has 1 aromatic rings. The molecule has 0 spiro atoms. The number of carboxylic acids is 1. The molecule has 0 aromatic heterocycles. The van der Waals surface area contributed by atoms with Crippen molar-refractivity contribution in [2.75, 3.05) is 20.2 Å². The molecule has 0 heterocycles. The minimum absolute atomic E-state index is 0.148. The molecule has 5 heteroatoms. The first-order valence-electron chi connectivity index (χ1n) is 6.34. The summed E-state index contributed by atoms with van der Waals surface area (Å²) in [6.45, 7) is 3.95. The number of halogens is 1. The zero-order valence-electron chi connectivity index (χ0n) is 11.4. The number of carbonyl (C=O) groups is 1. The Hall–Kier alpha value is -1.07. The maximum Gasteiger partial charge on any atom is 0.304 e. The van der Waals surface area contributed by atoms with Gasteiger partial charge in [-0.2, -0.15) is 0 Å². The van der Waals surface area contributed by atoms with Crippen LogP contribution in [-0.2, 0) is 11.3 Å². The lowest BCUT2D eigenvalue weighted by Crippen LogP contribution is -2.21. The molecular formula is C14H20BrNO3. The summed E-state index contributed by atoms with van der Waals surface area (Å²) in [6.07, 6.45) is 1.11. The van der Waals surface area contributed by atoms with Gasteiger partial charge >= 0.3 is 5.97 Å². The highest BCUT2D eigenvalue weighted by Crippen LogP contribution is 2.24. The zero-order chi connectivity index (χ0) is 14.3. The third-order valence-corrected chi connectivity index (χ3v) is 3.13. The van der Waals surface area contributed by atoms with Crippen molar-refractivity contribution in [3.63, 3.8) is 0 Å². The summed E-state index contributed by atoms with van der Waals surface area (Å²) < 4.78 is 6.70. The third kappa shape index (κ3) is 6.07. The minimum Gasteiger partial charge on any atom is -0.493 e. The van der Waals surface area contributed by atoms with Crippen molar-refractivity contribution in [2.24, 2.45) is 0 Å². The maximum absolute atomic E-state index is 10.6. The molecule has 0 atom stereocenters. The quantitative estimate of drug-likeness (QED) is 0.796. The van der Waals surface area contributed by atoms with E-state index in [1.54, 1.807) is 0 Å². The number of carboxylic acid groups (broad SMARTS) is 1. The van der Waals surface area contributed by atoms with Gasteiger partial charge in [0.25, 0.3) is 0 Å². The fourth-order valence-electron chi connectivity index (χ4n) is 1.68. The van der Waals surface area contributed by atoms with E-state index in [0.717, 1.165) is 22.2 Å². The van der Waals surface area contributed by atoms with E-state index in [4.69, 9.17) is 9.84 Å². The van der Waals surface area contributed by atoms with Gasteiger partial charge in [0.2, 0.25) is 0 Å². The van der Waals surface area contributed by atoms with E-state index in [-0.39, 0.29) is 6.42 Å². The van der Waals surface area contributed by atoms with Gasteiger partial charge in [-0.25, -0.2) is 0 Å². The predicted octanol–water partition coefficient (Wildman–Crippen LogP) is 3.14. The van der Waals surface area contributed by atoms with Gasteiger partial charge in [-0.15, -0.1) is 0 Å². The second-order valence-corrected chi connectivity index (χ2v) is 5.40. The Kier molecular flexibility index (Phi) is 6.87. The largest absolute Gasteiger partial charge is 0.493 e. The van der Waals surface area contributed by atoms with Gasteiger partial charge in [-0.1, -0.05) is 22.9 Å². The molecule has 4 nitrogen and oxygen atoms in total. The van der Waals surface area contributed by atoms with E-state index >= 15 is 0 Å². The van der Waals surface area contributed by atoms with Crippen LogP contribution in [0.3, 0.4) is 0 Å². The van der Waals surface area contributed by atoms with E-state index in [1.165, 1.54) is 0 Å². The zero-order valence-corrected chi connectivity index (χ0v) is 12.9. The summed E-state index contributed by atoms with van der Waals surface area (Å²) in [5.41, 5.74) is 1.07. The van der Waals surface area contributed by atoms with Crippen molar-refractivity contribution >= 4 is 21.9 Å². The summed E-state index contributed by atoms with van der Waals surface area (Å²) >= 11 is 3.45. The summed E-state index contributed by atoms with van der Waals surface area (Å²) in [6, 6.07) is 5.91. The number of rotatable bonds is 8. The first-order chi connectivity index (χ1) is 9.02. The number of benzene rings is 1. The van der Waals surface area contributed by atoms with E-state index < -0.39 is 5.97 Å². The molecule has 0 fully saturated rings. The number of ether oxygens (including phenoxy) is 1. The summed E-state index contributed by atoms with van der Waals surface area (Å²) in [7, 11) is 1.91. The van der Waals surface area contributed by atoms with E-state index in [0.29, 0.717) is 19.7 Å². The Balaban J connectivity index is 2.68. The van der Waals surface area contributed by atoms with Crippen molar-refractivity contribution in [3.05, 3.63) is 28.2 Å². The minimum atomic E-state index is -0.774. The standard InChI is InChI=1S/C14H20BrNO3/c1-3-8-19-13-5-4-12(15)9-11(13)10-16(2)7-6-14(17)18/h4-5,9H,3,6-8,10H2,1-2H3,(H,17,18). The Labute approximate surface area is 122 Å². The monoisotopic (exact) mass is 329 g/mol. The van der Waals surface area contributed by atoms with Gasteiger partial charge in [-0.05, 0) is 31.7 Å². The first kappa shape index (κ1) is 16.0. The van der Waals surface area contributed by atoms with E-state index in [2.05, 4.69) is 22.9 Å². The normalized spacial score (nSPS) is 10.7. The molecule has 0 amide bonds. The Morgan fingerprint density at radius 1 is 1.47 bits per heavy atom. The molecule has 0 unspecified atom stereocenters. The van der Waals surface area contributed by atoms with Crippen LogP contribution < -0.4 is 4.74 Å². The second-order valence-electron chi connectivity index (χ2n) is 4.48. The Morgan fingerprint density at radius 2 is 2.21 bits per heavy atom. The lowest BCUT2D eigenvalue weighted by Gasteiger charge is -2.18. The van der Waals surface area contributed by atoms with Crippen molar-refractivity contribution in [1.82, 2.24) is 4.90 Å². The third-order valence-electron chi connectivity index (χ3n) is 2.63. The highest BCUT2D eigenvalue weighted by atomic mass is 79.9. The van der Waals surface area contributed by atoms with Gasteiger partial charge in [0.1, 0.15) is 5.75 Å². The molecule has 0 saturated heterocycles. The number of nitrogens with zero attached hydrogens (tertiary/aromatic N) is 1. The van der Waals surface area contributed by atoms with Crippen LogP contribution in [0.5, 0.6) is 5.75 Å². The molecule has 19 heavy (non-hydrogen) atoms. The number of aliphatic carboxylic acids is 1. The smallest absolute Gasteiger partial charge is 0.304 e. The average molecular weight is 330 g/mol. The van der Waals surface area contributed by atoms with Gasteiger partial charge in [0.15, 0.2) is 0 Å².